The summed E-state index contributed by atoms with van der Waals surface area (Å²) in [5.41, 5.74) is 5.37. The van der Waals surface area contributed by atoms with Gasteiger partial charge in [-0.25, -0.2) is 4.98 Å². The molecule has 0 fully saturated rings. The van der Waals surface area contributed by atoms with E-state index < -0.39 is 0 Å². The van der Waals surface area contributed by atoms with E-state index >= 15 is 0 Å². The number of thiazole rings is 1. The number of anilines is 2. The quantitative estimate of drug-likeness (QED) is 0.561. The Morgan fingerprint density at radius 2 is 1.79 bits per heavy atom. The van der Waals surface area contributed by atoms with Crippen molar-refractivity contribution in [1.29, 1.82) is 0 Å². The number of rotatable bonds is 4. The zero-order valence-electron chi connectivity index (χ0n) is 18.8. The van der Waals surface area contributed by atoms with Crippen molar-refractivity contribution in [3.8, 4) is 11.5 Å². The third-order valence-corrected chi connectivity index (χ3v) is 7.10. The van der Waals surface area contributed by atoms with E-state index in [0.29, 0.717) is 22.2 Å². The number of ether oxygens (including phenoxy) is 2. The molecular weight excluding hydrogens is 438 g/mol. The Balaban J connectivity index is 1.34. The maximum Gasteiger partial charge on any atom is 0.257 e. The average Bonchev–Trinajstić information content (AvgIpc) is 3.41. The zero-order chi connectivity index (χ0) is 23.1. The molecule has 1 unspecified atom stereocenters. The first-order valence-electron chi connectivity index (χ1n) is 11.0. The second kappa shape index (κ2) is 8.51. The Morgan fingerprint density at radius 3 is 2.58 bits per heavy atom. The number of fused-ring (bicyclic) bond motifs is 2. The van der Waals surface area contributed by atoms with Crippen LogP contribution in [0.25, 0.3) is 0 Å². The number of hydrogen-bond donors (Lipinski definition) is 2. The van der Waals surface area contributed by atoms with E-state index in [2.05, 4.69) is 27.8 Å². The minimum Gasteiger partial charge on any atom is -0.454 e. The molecule has 2 amide bonds. The topological polar surface area (TPSA) is 89.6 Å². The standard InChI is InChI=1S/C25H25N3O4S/c1-13-9-14(2)21(15(3)10-13)26-24(30)17-5-4-6-20-22(17)27-25(33-20)28-23(29)16-7-8-18-19(11-16)32-12-31-18/h7-11,17H,4-6,12H2,1-3H3,(H,26,30)(H,27,28,29). The number of carbonyl (C=O) groups is 2. The molecule has 5 rings (SSSR count). The molecule has 7 nitrogen and oxygen atoms in total. The maximum absolute atomic E-state index is 13.2. The highest BCUT2D eigenvalue weighted by atomic mass is 32.1. The molecule has 0 saturated carbocycles. The minimum atomic E-state index is -0.332. The molecule has 0 saturated heterocycles. The van der Waals surface area contributed by atoms with Gasteiger partial charge in [0.2, 0.25) is 12.7 Å². The van der Waals surface area contributed by atoms with Crippen LogP contribution in [0.3, 0.4) is 0 Å². The van der Waals surface area contributed by atoms with Gasteiger partial charge in [-0.15, -0.1) is 11.3 Å². The first-order valence-corrected chi connectivity index (χ1v) is 11.8. The molecule has 3 aromatic rings. The predicted octanol–water partition coefficient (Wildman–Crippen LogP) is 5.11. The largest absolute Gasteiger partial charge is 0.454 e. The Kier molecular flexibility index (Phi) is 5.54. The number of benzene rings is 2. The van der Waals surface area contributed by atoms with E-state index in [-0.39, 0.29) is 24.5 Å². The smallest absolute Gasteiger partial charge is 0.257 e. The second-order valence-electron chi connectivity index (χ2n) is 8.56. The van der Waals surface area contributed by atoms with Gasteiger partial charge in [0.05, 0.1) is 11.6 Å². The summed E-state index contributed by atoms with van der Waals surface area (Å²) < 4.78 is 10.7. The van der Waals surface area contributed by atoms with Crippen LogP contribution in [-0.2, 0) is 11.2 Å². The SMILES string of the molecule is Cc1cc(C)c(NC(=O)C2CCCc3sc(NC(=O)c4ccc5c(c4)OCO5)nc32)c(C)c1. The highest BCUT2D eigenvalue weighted by Gasteiger charge is 2.31. The van der Waals surface area contributed by atoms with Crippen LogP contribution in [-0.4, -0.2) is 23.6 Å². The lowest BCUT2D eigenvalue weighted by Gasteiger charge is -2.22. The van der Waals surface area contributed by atoms with Crippen molar-refractivity contribution in [2.45, 2.75) is 46.0 Å². The molecule has 8 heteroatoms. The highest BCUT2D eigenvalue weighted by Crippen LogP contribution is 2.38. The Bertz CT molecular complexity index is 1240. The number of aryl methyl sites for hydroxylation is 4. The van der Waals surface area contributed by atoms with Gasteiger partial charge in [-0.05, 0) is 69.4 Å². The lowest BCUT2D eigenvalue weighted by atomic mass is 9.90. The first-order chi connectivity index (χ1) is 15.9. The van der Waals surface area contributed by atoms with Crippen LogP contribution >= 0.6 is 11.3 Å². The molecule has 0 bridgehead atoms. The molecule has 1 aliphatic heterocycles. The third-order valence-electron chi connectivity index (χ3n) is 6.05. The molecule has 1 atom stereocenters. The van der Waals surface area contributed by atoms with E-state index in [4.69, 9.17) is 9.47 Å². The fourth-order valence-electron chi connectivity index (χ4n) is 4.52. The van der Waals surface area contributed by atoms with Crippen LogP contribution in [0.4, 0.5) is 10.8 Å². The van der Waals surface area contributed by atoms with E-state index in [1.165, 1.54) is 16.9 Å². The van der Waals surface area contributed by atoms with Crippen molar-refractivity contribution >= 4 is 34.0 Å². The number of nitrogens with one attached hydrogen (secondary N) is 2. The summed E-state index contributed by atoms with van der Waals surface area (Å²) in [6.07, 6.45) is 2.51. The monoisotopic (exact) mass is 463 g/mol. The van der Waals surface area contributed by atoms with Crippen LogP contribution in [0, 0.1) is 20.8 Å². The summed E-state index contributed by atoms with van der Waals surface area (Å²) in [4.78, 5) is 31.7. The van der Waals surface area contributed by atoms with Crippen molar-refractivity contribution in [1.82, 2.24) is 4.98 Å². The van der Waals surface area contributed by atoms with Crippen LogP contribution in [0.2, 0.25) is 0 Å². The average molecular weight is 464 g/mol. The summed E-state index contributed by atoms with van der Waals surface area (Å²) in [5.74, 6) is 0.529. The normalized spacial score (nSPS) is 16.3. The molecule has 2 heterocycles. The van der Waals surface area contributed by atoms with Crippen LogP contribution in [0.5, 0.6) is 11.5 Å². The molecule has 1 aromatic heterocycles. The summed E-state index contributed by atoms with van der Waals surface area (Å²) in [7, 11) is 0. The number of amides is 2. The lowest BCUT2D eigenvalue weighted by molar-refractivity contribution is -0.118. The minimum absolute atomic E-state index is 0.0510. The summed E-state index contributed by atoms with van der Waals surface area (Å²) in [6.45, 7) is 6.22. The van der Waals surface area contributed by atoms with Crippen molar-refractivity contribution < 1.29 is 19.1 Å². The molecule has 1 aliphatic carbocycles. The Hall–Kier alpha value is -3.39. The molecule has 170 valence electrons. The van der Waals surface area contributed by atoms with Crippen molar-refractivity contribution in [3.05, 3.63) is 63.2 Å². The van der Waals surface area contributed by atoms with Gasteiger partial charge >= 0.3 is 0 Å². The lowest BCUT2D eigenvalue weighted by Crippen LogP contribution is -2.25. The summed E-state index contributed by atoms with van der Waals surface area (Å²) >= 11 is 1.44. The van der Waals surface area contributed by atoms with E-state index in [9.17, 15) is 9.59 Å². The first kappa shape index (κ1) is 21.5. The van der Waals surface area contributed by atoms with Gasteiger partial charge in [-0.1, -0.05) is 17.7 Å². The number of nitrogens with zero attached hydrogens (tertiary/aromatic N) is 1. The summed E-state index contributed by atoms with van der Waals surface area (Å²) in [6, 6.07) is 9.22. The molecule has 2 aliphatic rings. The van der Waals surface area contributed by atoms with Gasteiger partial charge in [-0.3, -0.25) is 14.9 Å². The molecule has 0 radical (unpaired) electrons. The molecule has 2 N–H and O–H groups in total. The highest BCUT2D eigenvalue weighted by molar-refractivity contribution is 7.16. The van der Waals surface area contributed by atoms with Gasteiger partial charge in [0.25, 0.3) is 5.91 Å². The molecule has 0 spiro atoms. The second-order valence-corrected chi connectivity index (χ2v) is 9.64. The van der Waals surface area contributed by atoms with Gasteiger partial charge < -0.3 is 14.8 Å². The predicted molar refractivity (Wildman–Crippen MR) is 128 cm³/mol. The fraction of sp³-hybridized carbons (Fsp3) is 0.320. The molecule has 2 aromatic carbocycles. The Morgan fingerprint density at radius 1 is 1.03 bits per heavy atom. The van der Waals surface area contributed by atoms with Gasteiger partial charge in [0, 0.05) is 16.1 Å². The van der Waals surface area contributed by atoms with Gasteiger partial charge in [0.1, 0.15) is 0 Å². The fourth-order valence-corrected chi connectivity index (χ4v) is 5.58. The van der Waals surface area contributed by atoms with Gasteiger partial charge in [-0.2, -0.15) is 0 Å². The molecule has 33 heavy (non-hydrogen) atoms. The maximum atomic E-state index is 13.2. The van der Waals surface area contributed by atoms with Crippen LogP contribution in [0.15, 0.2) is 30.3 Å². The number of hydrogen-bond acceptors (Lipinski definition) is 6. The van der Waals surface area contributed by atoms with Crippen molar-refractivity contribution in [2.75, 3.05) is 17.4 Å². The molecular formula is C25H25N3O4S. The van der Waals surface area contributed by atoms with Crippen molar-refractivity contribution in [3.63, 3.8) is 0 Å². The van der Waals surface area contributed by atoms with E-state index in [1.54, 1.807) is 18.2 Å². The van der Waals surface area contributed by atoms with E-state index in [1.807, 2.05) is 20.8 Å². The van der Waals surface area contributed by atoms with Crippen LogP contribution < -0.4 is 20.1 Å². The number of aromatic nitrogens is 1. The van der Waals surface area contributed by atoms with Crippen LogP contribution in [0.1, 0.15) is 56.4 Å². The Labute approximate surface area is 196 Å². The van der Waals surface area contributed by atoms with E-state index in [0.717, 1.165) is 46.6 Å². The third kappa shape index (κ3) is 4.18. The van der Waals surface area contributed by atoms with Gasteiger partial charge in [0.15, 0.2) is 16.6 Å². The zero-order valence-corrected chi connectivity index (χ0v) is 19.6. The van der Waals surface area contributed by atoms with Crippen molar-refractivity contribution in [2.24, 2.45) is 0 Å². The number of carbonyl (C=O) groups excluding carboxylic acids is 2. The summed E-state index contributed by atoms with van der Waals surface area (Å²) in [5, 5.41) is 6.51.